The maximum Gasteiger partial charge on any atom is 0.242 e. The summed E-state index contributed by atoms with van der Waals surface area (Å²) in [6, 6.07) is 0. The molecule has 0 saturated carbocycles. The van der Waals surface area contributed by atoms with E-state index in [4.69, 9.17) is 5.11 Å². The average molecular weight is 269 g/mol. The highest BCUT2D eigenvalue weighted by Gasteiger charge is 2.38. The van der Waals surface area contributed by atoms with Gasteiger partial charge in [-0.05, 0) is 32.6 Å². The van der Waals surface area contributed by atoms with E-state index in [1.165, 1.54) is 0 Å². The van der Waals surface area contributed by atoms with Crippen LogP contribution in [0.1, 0.15) is 26.7 Å². The Labute approximate surface area is 115 Å². The van der Waals surface area contributed by atoms with Crippen molar-refractivity contribution >= 4 is 5.91 Å². The zero-order chi connectivity index (χ0) is 13.9. The van der Waals surface area contributed by atoms with Gasteiger partial charge in [0.1, 0.15) is 0 Å². The number of piperidine rings is 1. The zero-order valence-corrected chi connectivity index (χ0v) is 12.2. The Balaban J connectivity index is 1.94. The molecule has 0 aromatic rings. The van der Waals surface area contributed by atoms with Crippen LogP contribution in [-0.4, -0.2) is 72.2 Å². The second-order valence-electron chi connectivity index (χ2n) is 6.21. The summed E-state index contributed by atoms with van der Waals surface area (Å²) in [5.74, 6) is 0.622. The number of carbonyl (C=O) groups excluding carboxylic acids is 1. The van der Waals surface area contributed by atoms with E-state index in [-0.39, 0.29) is 12.5 Å². The number of aliphatic hydroxyl groups is 1. The highest BCUT2D eigenvalue weighted by Crippen LogP contribution is 2.23. The fourth-order valence-corrected chi connectivity index (χ4v) is 3.06. The molecule has 0 unspecified atom stereocenters. The van der Waals surface area contributed by atoms with Gasteiger partial charge in [0, 0.05) is 45.9 Å². The van der Waals surface area contributed by atoms with E-state index >= 15 is 0 Å². The van der Waals surface area contributed by atoms with Crippen molar-refractivity contribution in [3.05, 3.63) is 0 Å². The molecule has 2 saturated heterocycles. The minimum atomic E-state index is -0.409. The standard InChI is InChI=1S/C14H27N3O2/c1-14(2,17-9-5-15-6-10-17)13(19)16-7-3-12(11-18)4-8-16/h12,15,18H,3-11H2,1-2H3. The number of piperazine rings is 1. The number of aliphatic hydroxyl groups excluding tert-OH is 1. The third kappa shape index (κ3) is 3.27. The molecule has 0 aromatic carbocycles. The lowest BCUT2D eigenvalue weighted by atomic mass is 9.94. The second kappa shape index (κ2) is 6.20. The van der Waals surface area contributed by atoms with Gasteiger partial charge in [0.25, 0.3) is 0 Å². The van der Waals surface area contributed by atoms with E-state index in [0.29, 0.717) is 5.92 Å². The van der Waals surface area contributed by atoms with Crippen LogP contribution < -0.4 is 5.32 Å². The summed E-state index contributed by atoms with van der Waals surface area (Å²) >= 11 is 0. The Bertz CT molecular complexity index is 306. The van der Waals surface area contributed by atoms with Gasteiger partial charge in [-0.25, -0.2) is 0 Å². The predicted octanol–water partition coefficient (Wildman–Crippen LogP) is -0.0989. The molecule has 2 rings (SSSR count). The molecule has 2 aliphatic rings. The van der Waals surface area contributed by atoms with Crippen LogP contribution in [0.2, 0.25) is 0 Å². The van der Waals surface area contributed by atoms with E-state index in [2.05, 4.69) is 10.2 Å². The lowest BCUT2D eigenvalue weighted by molar-refractivity contribution is -0.144. The summed E-state index contributed by atoms with van der Waals surface area (Å²) < 4.78 is 0. The fourth-order valence-electron chi connectivity index (χ4n) is 3.06. The number of hydrogen-bond donors (Lipinski definition) is 2. The van der Waals surface area contributed by atoms with Gasteiger partial charge in [0.05, 0.1) is 5.54 Å². The van der Waals surface area contributed by atoms with E-state index < -0.39 is 5.54 Å². The third-order valence-corrected chi connectivity index (χ3v) is 4.59. The van der Waals surface area contributed by atoms with Gasteiger partial charge >= 0.3 is 0 Å². The van der Waals surface area contributed by atoms with Crippen molar-refractivity contribution in [2.45, 2.75) is 32.2 Å². The Morgan fingerprint density at radius 1 is 1.21 bits per heavy atom. The van der Waals surface area contributed by atoms with Gasteiger partial charge < -0.3 is 15.3 Å². The number of amides is 1. The van der Waals surface area contributed by atoms with Crippen molar-refractivity contribution in [3.8, 4) is 0 Å². The Kier molecular flexibility index (Phi) is 4.81. The summed E-state index contributed by atoms with van der Waals surface area (Å²) in [5.41, 5.74) is -0.409. The van der Waals surface area contributed by atoms with Gasteiger partial charge in [-0.1, -0.05) is 0 Å². The molecule has 0 aromatic heterocycles. The van der Waals surface area contributed by atoms with E-state index in [1.54, 1.807) is 0 Å². The molecule has 110 valence electrons. The molecule has 19 heavy (non-hydrogen) atoms. The molecule has 1 amide bonds. The quantitative estimate of drug-likeness (QED) is 0.751. The van der Waals surface area contributed by atoms with Crippen LogP contribution in [0.3, 0.4) is 0 Å². The summed E-state index contributed by atoms with van der Waals surface area (Å²) in [6.07, 6.45) is 1.86. The number of carbonyl (C=O) groups is 1. The largest absolute Gasteiger partial charge is 0.396 e. The topological polar surface area (TPSA) is 55.8 Å². The molecule has 2 fully saturated rings. The molecule has 2 N–H and O–H groups in total. The van der Waals surface area contributed by atoms with Crippen molar-refractivity contribution in [1.29, 1.82) is 0 Å². The molecule has 0 bridgehead atoms. The first kappa shape index (κ1) is 14.8. The van der Waals surface area contributed by atoms with Gasteiger partial charge in [-0.3, -0.25) is 9.69 Å². The molecular formula is C14H27N3O2. The Hall–Kier alpha value is -0.650. The van der Waals surface area contributed by atoms with Crippen LogP contribution in [0.5, 0.6) is 0 Å². The summed E-state index contributed by atoms with van der Waals surface area (Å²) in [5, 5.41) is 12.5. The van der Waals surface area contributed by atoms with Gasteiger partial charge in [-0.15, -0.1) is 0 Å². The molecule has 0 radical (unpaired) electrons. The molecule has 2 aliphatic heterocycles. The van der Waals surface area contributed by atoms with Gasteiger partial charge in [-0.2, -0.15) is 0 Å². The monoisotopic (exact) mass is 269 g/mol. The lowest BCUT2D eigenvalue weighted by Crippen LogP contribution is -2.61. The first-order valence-corrected chi connectivity index (χ1v) is 7.41. The van der Waals surface area contributed by atoms with Crippen LogP contribution >= 0.6 is 0 Å². The van der Waals surface area contributed by atoms with Crippen LogP contribution in [-0.2, 0) is 4.79 Å². The number of hydrogen-bond acceptors (Lipinski definition) is 4. The first-order chi connectivity index (χ1) is 9.05. The maximum absolute atomic E-state index is 12.7. The minimum absolute atomic E-state index is 0.241. The van der Waals surface area contributed by atoms with Crippen LogP contribution in [0.4, 0.5) is 0 Å². The van der Waals surface area contributed by atoms with E-state index in [0.717, 1.165) is 52.1 Å². The molecule has 0 aliphatic carbocycles. The van der Waals surface area contributed by atoms with Crippen LogP contribution in [0.15, 0.2) is 0 Å². The SMILES string of the molecule is CC(C)(C(=O)N1CCC(CO)CC1)N1CCNCC1. The first-order valence-electron chi connectivity index (χ1n) is 7.41. The normalized spacial score (nSPS) is 23.6. The van der Waals surface area contributed by atoms with Crippen LogP contribution in [0, 0.1) is 5.92 Å². The number of nitrogens with zero attached hydrogens (tertiary/aromatic N) is 2. The highest BCUT2D eigenvalue weighted by atomic mass is 16.3. The summed E-state index contributed by atoms with van der Waals surface area (Å²) in [4.78, 5) is 17.0. The van der Waals surface area contributed by atoms with Gasteiger partial charge in [0.15, 0.2) is 0 Å². The molecule has 0 atom stereocenters. The smallest absolute Gasteiger partial charge is 0.242 e. The summed E-state index contributed by atoms with van der Waals surface area (Å²) in [7, 11) is 0. The molecular weight excluding hydrogens is 242 g/mol. The van der Waals surface area contributed by atoms with E-state index in [1.807, 2.05) is 18.7 Å². The van der Waals surface area contributed by atoms with Crippen molar-refractivity contribution < 1.29 is 9.90 Å². The predicted molar refractivity (Wildman–Crippen MR) is 74.9 cm³/mol. The zero-order valence-electron chi connectivity index (χ0n) is 12.2. The number of nitrogens with one attached hydrogen (secondary N) is 1. The van der Waals surface area contributed by atoms with E-state index in [9.17, 15) is 4.79 Å². The molecule has 2 heterocycles. The van der Waals surface area contributed by atoms with Crippen molar-refractivity contribution in [1.82, 2.24) is 15.1 Å². The Morgan fingerprint density at radius 2 is 1.79 bits per heavy atom. The fraction of sp³-hybridized carbons (Fsp3) is 0.929. The van der Waals surface area contributed by atoms with Crippen molar-refractivity contribution in [2.75, 3.05) is 45.9 Å². The number of likely N-dealkylation sites (tertiary alicyclic amines) is 1. The highest BCUT2D eigenvalue weighted by molar-refractivity contribution is 5.85. The van der Waals surface area contributed by atoms with Crippen LogP contribution in [0.25, 0.3) is 0 Å². The maximum atomic E-state index is 12.7. The Morgan fingerprint density at radius 3 is 2.32 bits per heavy atom. The molecule has 5 nitrogen and oxygen atoms in total. The lowest BCUT2D eigenvalue weighted by Gasteiger charge is -2.44. The summed E-state index contributed by atoms with van der Waals surface area (Å²) in [6.45, 7) is 9.71. The molecule has 0 spiro atoms. The molecule has 5 heteroatoms. The third-order valence-electron chi connectivity index (χ3n) is 4.59. The second-order valence-corrected chi connectivity index (χ2v) is 6.21. The van der Waals surface area contributed by atoms with Crippen molar-refractivity contribution in [3.63, 3.8) is 0 Å². The minimum Gasteiger partial charge on any atom is -0.396 e. The average Bonchev–Trinajstić information content (AvgIpc) is 2.47. The van der Waals surface area contributed by atoms with Crippen molar-refractivity contribution in [2.24, 2.45) is 5.92 Å². The van der Waals surface area contributed by atoms with Gasteiger partial charge in [0.2, 0.25) is 5.91 Å². The number of rotatable bonds is 3.